The van der Waals surface area contributed by atoms with Crippen LogP contribution in [-0.2, 0) is 16.0 Å². The molecular formula is C22H28FN3O2S. The van der Waals surface area contributed by atoms with Crippen molar-refractivity contribution in [2.24, 2.45) is 0 Å². The summed E-state index contributed by atoms with van der Waals surface area (Å²) in [6.07, 6.45) is 0.996. The minimum atomic E-state index is -0.355. The van der Waals surface area contributed by atoms with E-state index in [1.54, 1.807) is 0 Å². The lowest BCUT2D eigenvalue weighted by atomic mass is 10.0. The van der Waals surface area contributed by atoms with Crippen molar-refractivity contribution in [3.8, 4) is 0 Å². The van der Waals surface area contributed by atoms with E-state index in [4.69, 9.17) is 0 Å². The van der Waals surface area contributed by atoms with Crippen LogP contribution in [0.1, 0.15) is 24.1 Å². The average Bonchev–Trinajstić information content (AvgIpc) is 2.70. The molecule has 0 saturated carbocycles. The van der Waals surface area contributed by atoms with Gasteiger partial charge in [-0.25, -0.2) is 4.39 Å². The molecule has 2 rings (SSSR count). The Labute approximate surface area is 176 Å². The zero-order valence-corrected chi connectivity index (χ0v) is 17.9. The van der Waals surface area contributed by atoms with Gasteiger partial charge in [-0.05, 0) is 55.9 Å². The molecule has 29 heavy (non-hydrogen) atoms. The fourth-order valence-electron chi connectivity index (χ4n) is 2.80. The second kappa shape index (κ2) is 11.6. The average molecular weight is 418 g/mol. The monoisotopic (exact) mass is 417 g/mol. The van der Waals surface area contributed by atoms with Gasteiger partial charge in [0.15, 0.2) is 0 Å². The van der Waals surface area contributed by atoms with Crippen LogP contribution in [0.2, 0.25) is 0 Å². The molecule has 1 atom stereocenters. The van der Waals surface area contributed by atoms with Gasteiger partial charge in [0.05, 0.1) is 17.5 Å². The Kier molecular flexibility index (Phi) is 9.15. The van der Waals surface area contributed by atoms with Crippen molar-refractivity contribution in [1.29, 1.82) is 0 Å². The lowest BCUT2D eigenvalue weighted by Gasteiger charge is -2.25. The summed E-state index contributed by atoms with van der Waals surface area (Å²) in [6.45, 7) is 2.62. The summed E-state index contributed by atoms with van der Waals surface area (Å²) in [5.41, 5.74) is 2.97. The van der Waals surface area contributed by atoms with Crippen LogP contribution >= 0.6 is 11.8 Å². The molecule has 0 aliphatic carbocycles. The molecule has 0 saturated heterocycles. The van der Waals surface area contributed by atoms with Crippen molar-refractivity contribution in [3.05, 3.63) is 65.5 Å². The van der Waals surface area contributed by atoms with E-state index in [-0.39, 0.29) is 35.2 Å². The molecule has 5 nitrogen and oxygen atoms in total. The summed E-state index contributed by atoms with van der Waals surface area (Å²) >= 11 is 1.24. The molecule has 0 fully saturated rings. The highest BCUT2D eigenvalue weighted by atomic mass is 32.2. The molecule has 1 unspecified atom stereocenters. The van der Waals surface area contributed by atoms with E-state index in [1.807, 2.05) is 14.1 Å². The van der Waals surface area contributed by atoms with E-state index in [0.717, 1.165) is 12.0 Å². The molecular weight excluding hydrogens is 389 g/mol. The predicted octanol–water partition coefficient (Wildman–Crippen LogP) is 3.48. The van der Waals surface area contributed by atoms with Crippen molar-refractivity contribution in [1.82, 2.24) is 10.2 Å². The quantitative estimate of drug-likeness (QED) is 0.621. The molecule has 2 amide bonds. The van der Waals surface area contributed by atoms with Crippen molar-refractivity contribution in [3.63, 3.8) is 0 Å². The number of nitrogens with one attached hydrogen (secondary N) is 2. The maximum atomic E-state index is 12.9. The lowest BCUT2D eigenvalue weighted by molar-refractivity contribution is -0.118. The molecule has 7 heteroatoms. The van der Waals surface area contributed by atoms with Gasteiger partial charge in [-0.1, -0.05) is 31.2 Å². The first-order chi connectivity index (χ1) is 13.9. The van der Waals surface area contributed by atoms with Crippen LogP contribution in [0.3, 0.4) is 0 Å². The molecule has 2 aromatic rings. The number of thioether (sulfide) groups is 1. The van der Waals surface area contributed by atoms with Gasteiger partial charge >= 0.3 is 0 Å². The van der Waals surface area contributed by atoms with Gasteiger partial charge in [0.25, 0.3) is 0 Å². The van der Waals surface area contributed by atoms with Crippen LogP contribution in [-0.4, -0.2) is 48.9 Å². The van der Waals surface area contributed by atoms with Crippen LogP contribution < -0.4 is 10.6 Å². The molecule has 0 radical (unpaired) electrons. The highest BCUT2D eigenvalue weighted by Crippen LogP contribution is 2.18. The Morgan fingerprint density at radius 1 is 1.00 bits per heavy atom. The Hall–Kier alpha value is -2.38. The fraction of sp³-hybridized carbons (Fsp3) is 0.364. The number of hydrogen-bond donors (Lipinski definition) is 2. The Morgan fingerprint density at radius 3 is 2.21 bits per heavy atom. The number of nitrogens with zero attached hydrogens (tertiary/aromatic N) is 1. The van der Waals surface area contributed by atoms with Crippen LogP contribution in [0.5, 0.6) is 0 Å². The third kappa shape index (κ3) is 7.87. The summed E-state index contributed by atoms with van der Waals surface area (Å²) in [5, 5.41) is 5.62. The first kappa shape index (κ1) is 22.9. The van der Waals surface area contributed by atoms with Crippen molar-refractivity contribution < 1.29 is 14.0 Å². The minimum Gasteiger partial charge on any atom is -0.353 e. The van der Waals surface area contributed by atoms with E-state index in [2.05, 4.69) is 46.7 Å². The number of benzene rings is 2. The molecule has 2 N–H and O–H groups in total. The smallest absolute Gasteiger partial charge is 0.234 e. The molecule has 0 spiro atoms. The van der Waals surface area contributed by atoms with Gasteiger partial charge < -0.3 is 15.5 Å². The minimum absolute atomic E-state index is 0.0802. The summed E-state index contributed by atoms with van der Waals surface area (Å²) < 4.78 is 12.9. The zero-order chi connectivity index (χ0) is 21.2. The highest BCUT2D eigenvalue weighted by Gasteiger charge is 2.15. The maximum Gasteiger partial charge on any atom is 0.234 e. The zero-order valence-electron chi connectivity index (χ0n) is 17.1. The van der Waals surface area contributed by atoms with Gasteiger partial charge in [0.1, 0.15) is 5.82 Å². The number of halogens is 1. The largest absolute Gasteiger partial charge is 0.353 e. The molecule has 0 aromatic heterocycles. The first-order valence-electron chi connectivity index (χ1n) is 9.54. The van der Waals surface area contributed by atoms with Crippen LogP contribution in [0.25, 0.3) is 0 Å². The summed E-state index contributed by atoms with van der Waals surface area (Å²) in [7, 11) is 3.97. The van der Waals surface area contributed by atoms with Gasteiger partial charge in [-0.15, -0.1) is 11.8 Å². The molecule has 0 heterocycles. The van der Waals surface area contributed by atoms with Gasteiger partial charge in [0, 0.05) is 12.2 Å². The van der Waals surface area contributed by atoms with E-state index >= 15 is 0 Å². The number of carbonyl (C=O) groups excluding carboxylic acids is 2. The van der Waals surface area contributed by atoms with Crippen molar-refractivity contribution in [2.75, 3.05) is 37.5 Å². The molecule has 156 valence electrons. The summed E-state index contributed by atoms with van der Waals surface area (Å²) in [6, 6.07) is 14.1. The normalized spacial score (nSPS) is 11.9. The molecule has 2 aromatic carbocycles. The van der Waals surface area contributed by atoms with Crippen molar-refractivity contribution in [2.45, 2.75) is 19.4 Å². The van der Waals surface area contributed by atoms with Gasteiger partial charge in [-0.2, -0.15) is 0 Å². The Bertz CT molecular complexity index is 795. The van der Waals surface area contributed by atoms with E-state index in [9.17, 15) is 14.0 Å². The van der Waals surface area contributed by atoms with E-state index < -0.39 is 0 Å². The predicted molar refractivity (Wildman–Crippen MR) is 118 cm³/mol. The van der Waals surface area contributed by atoms with Crippen LogP contribution in [0, 0.1) is 5.82 Å². The van der Waals surface area contributed by atoms with Crippen LogP contribution in [0.4, 0.5) is 10.1 Å². The Balaban J connectivity index is 1.74. The SMILES string of the molecule is CCc1ccc(C(CNC(=O)CSCC(=O)Nc2ccc(F)cc2)N(C)C)cc1. The second-order valence-electron chi connectivity index (χ2n) is 6.93. The number of likely N-dealkylation sites (N-methyl/N-ethyl adjacent to an activating group) is 1. The first-order valence-corrected chi connectivity index (χ1v) is 10.7. The number of carbonyl (C=O) groups is 2. The third-order valence-electron chi connectivity index (χ3n) is 4.48. The summed E-state index contributed by atoms with van der Waals surface area (Å²) in [4.78, 5) is 26.1. The number of hydrogen-bond acceptors (Lipinski definition) is 4. The number of anilines is 1. The van der Waals surface area contributed by atoms with E-state index in [1.165, 1.54) is 41.6 Å². The second-order valence-corrected chi connectivity index (χ2v) is 7.91. The standard InChI is InChI=1S/C22H28FN3O2S/c1-4-16-5-7-17(8-6-16)20(26(2)3)13-24-21(27)14-29-15-22(28)25-19-11-9-18(23)10-12-19/h5-12,20H,4,13-15H2,1-3H3,(H,24,27)(H,25,28). The van der Waals surface area contributed by atoms with Crippen molar-refractivity contribution >= 4 is 29.3 Å². The van der Waals surface area contributed by atoms with E-state index in [0.29, 0.717) is 12.2 Å². The van der Waals surface area contributed by atoms with Gasteiger partial charge in [0.2, 0.25) is 11.8 Å². The third-order valence-corrected chi connectivity index (χ3v) is 5.42. The highest BCUT2D eigenvalue weighted by molar-refractivity contribution is 8.00. The number of amides is 2. The molecule has 0 aliphatic heterocycles. The fourth-order valence-corrected chi connectivity index (χ4v) is 3.45. The maximum absolute atomic E-state index is 12.9. The lowest BCUT2D eigenvalue weighted by Crippen LogP contribution is -2.35. The van der Waals surface area contributed by atoms with Crippen LogP contribution in [0.15, 0.2) is 48.5 Å². The molecule has 0 aliphatic rings. The number of rotatable bonds is 10. The Morgan fingerprint density at radius 2 is 1.62 bits per heavy atom. The van der Waals surface area contributed by atoms with Gasteiger partial charge in [-0.3, -0.25) is 9.59 Å². The topological polar surface area (TPSA) is 61.4 Å². The molecule has 0 bridgehead atoms. The summed E-state index contributed by atoms with van der Waals surface area (Å²) in [5.74, 6) is -0.337. The number of aryl methyl sites for hydroxylation is 1.